The summed E-state index contributed by atoms with van der Waals surface area (Å²) in [5.74, 6) is 0.845. The zero-order chi connectivity index (χ0) is 12.3. The fourth-order valence-corrected chi connectivity index (χ4v) is 1.89. The number of benzene rings is 1. The molecule has 0 saturated heterocycles. The molecule has 0 bridgehead atoms. The molecule has 0 spiro atoms. The molecule has 0 aliphatic carbocycles. The molecular weight excluding hydrogens is 212 g/mol. The van der Waals surface area contributed by atoms with Gasteiger partial charge in [-0.3, -0.25) is 0 Å². The summed E-state index contributed by atoms with van der Waals surface area (Å²) in [4.78, 5) is 4.40. The van der Waals surface area contributed by atoms with Gasteiger partial charge in [-0.25, -0.2) is 0 Å². The van der Waals surface area contributed by atoms with Crippen molar-refractivity contribution in [3.05, 3.63) is 35.6 Å². The second kappa shape index (κ2) is 5.04. The number of hydrogen-bond donors (Lipinski definition) is 1. The molecule has 0 radical (unpaired) electrons. The predicted molar refractivity (Wildman–Crippen MR) is 70.2 cm³/mol. The van der Waals surface area contributed by atoms with Crippen LogP contribution in [0.1, 0.15) is 24.7 Å². The summed E-state index contributed by atoms with van der Waals surface area (Å²) < 4.78 is 5.47. The third-order valence-electron chi connectivity index (χ3n) is 2.78. The number of nitrogens with one attached hydrogen (secondary N) is 1. The molecule has 0 saturated carbocycles. The van der Waals surface area contributed by atoms with Gasteiger partial charge in [0, 0.05) is 12.6 Å². The van der Waals surface area contributed by atoms with E-state index < -0.39 is 0 Å². The third-order valence-corrected chi connectivity index (χ3v) is 2.78. The van der Waals surface area contributed by atoms with Gasteiger partial charge in [0.1, 0.15) is 11.5 Å². The van der Waals surface area contributed by atoms with Gasteiger partial charge in [-0.1, -0.05) is 37.6 Å². The quantitative estimate of drug-likeness (QED) is 0.871. The lowest BCUT2D eigenvalue weighted by Gasteiger charge is -2.01. The number of aromatic nitrogens is 1. The van der Waals surface area contributed by atoms with Crippen molar-refractivity contribution < 1.29 is 4.42 Å². The highest BCUT2D eigenvalue weighted by molar-refractivity contribution is 5.62. The van der Waals surface area contributed by atoms with Gasteiger partial charge in [-0.15, -0.1) is 0 Å². The summed E-state index contributed by atoms with van der Waals surface area (Å²) in [6.07, 6.45) is 2.30. The Balaban J connectivity index is 2.29. The number of hydrogen-bond acceptors (Lipinski definition) is 3. The van der Waals surface area contributed by atoms with E-state index in [4.69, 9.17) is 4.42 Å². The van der Waals surface area contributed by atoms with Crippen molar-refractivity contribution in [3.63, 3.8) is 0 Å². The minimum Gasteiger partial charge on any atom is -0.428 e. The molecule has 2 rings (SSSR count). The van der Waals surface area contributed by atoms with Crippen LogP contribution in [-0.4, -0.2) is 12.0 Å². The zero-order valence-electron chi connectivity index (χ0n) is 10.6. The van der Waals surface area contributed by atoms with Crippen LogP contribution in [0.3, 0.4) is 0 Å². The van der Waals surface area contributed by atoms with Crippen molar-refractivity contribution in [3.8, 4) is 11.3 Å². The van der Waals surface area contributed by atoms with Crippen LogP contribution in [0.25, 0.3) is 11.3 Å². The average molecular weight is 230 g/mol. The molecule has 2 aromatic rings. The van der Waals surface area contributed by atoms with Crippen LogP contribution in [-0.2, 0) is 6.42 Å². The van der Waals surface area contributed by atoms with E-state index in [2.05, 4.69) is 41.5 Å². The zero-order valence-corrected chi connectivity index (χ0v) is 10.6. The topological polar surface area (TPSA) is 38.1 Å². The van der Waals surface area contributed by atoms with Gasteiger partial charge in [0.05, 0.1) is 0 Å². The van der Waals surface area contributed by atoms with Crippen LogP contribution in [0, 0.1) is 6.92 Å². The van der Waals surface area contributed by atoms with E-state index in [-0.39, 0.29) is 0 Å². The maximum Gasteiger partial charge on any atom is 0.295 e. The summed E-state index contributed by atoms with van der Waals surface area (Å²) in [5.41, 5.74) is 3.39. The molecule has 1 aromatic heterocycles. The fraction of sp³-hybridized carbons (Fsp3) is 0.357. The Labute approximate surface area is 102 Å². The average Bonchev–Trinajstić information content (AvgIpc) is 2.72. The maximum atomic E-state index is 5.47. The molecule has 1 heterocycles. The van der Waals surface area contributed by atoms with Gasteiger partial charge in [0.2, 0.25) is 0 Å². The Bertz CT molecular complexity index is 485. The molecule has 1 N–H and O–H groups in total. The predicted octanol–water partition coefficient (Wildman–Crippen LogP) is 3.64. The van der Waals surface area contributed by atoms with Crippen molar-refractivity contribution in [1.29, 1.82) is 0 Å². The largest absolute Gasteiger partial charge is 0.428 e. The second-order valence-corrected chi connectivity index (χ2v) is 4.12. The number of rotatable bonds is 4. The Morgan fingerprint density at radius 3 is 2.47 bits per heavy atom. The van der Waals surface area contributed by atoms with Gasteiger partial charge in [0.25, 0.3) is 6.01 Å². The monoisotopic (exact) mass is 230 g/mol. The molecule has 0 aliphatic rings. The molecule has 0 fully saturated rings. The molecule has 0 unspecified atom stereocenters. The lowest BCUT2D eigenvalue weighted by atomic mass is 10.1. The van der Waals surface area contributed by atoms with E-state index in [1.165, 1.54) is 12.0 Å². The van der Waals surface area contributed by atoms with Crippen molar-refractivity contribution in [2.45, 2.75) is 26.7 Å². The first kappa shape index (κ1) is 11.7. The highest BCUT2D eigenvalue weighted by atomic mass is 16.4. The Kier molecular flexibility index (Phi) is 3.47. The Hall–Kier alpha value is -1.77. The molecule has 0 aliphatic heterocycles. The highest BCUT2D eigenvalue weighted by Crippen LogP contribution is 2.25. The van der Waals surface area contributed by atoms with Crippen LogP contribution < -0.4 is 5.32 Å². The van der Waals surface area contributed by atoms with Gasteiger partial charge in [-0.2, -0.15) is 4.98 Å². The van der Waals surface area contributed by atoms with Crippen molar-refractivity contribution >= 4 is 6.01 Å². The molecule has 90 valence electrons. The highest BCUT2D eigenvalue weighted by Gasteiger charge is 2.10. The van der Waals surface area contributed by atoms with Gasteiger partial charge < -0.3 is 9.73 Å². The van der Waals surface area contributed by atoms with Crippen LogP contribution in [0.15, 0.2) is 28.7 Å². The normalized spacial score (nSPS) is 10.5. The SMILES string of the molecule is CCCc1ccc(-c2nc(NC)oc2C)cc1. The summed E-state index contributed by atoms with van der Waals surface area (Å²) in [6, 6.07) is 9.10. The summed E-state index contributed by atoms with van der Waals surface area (Å²) in [6.45, 7) is 4.12. The molecule has 0 atom stereocenters. The molecule has 3 nitrogen and oxygen atoms in total. The van der Waals surface area contributed by atoms with Crippen molar-refractivity contribution in [2.75, 3.05) is 12.4 Å². The first-order valence-electron chi connectivity index (χ1n) is 5.99. The fourth-order valence-electron chi connectivity index (χ4n) is 1.89. The number of aryl methyl sites for hydroxylation is 2. The van der Waals surface area contributed by atoms with Gasteiger partial charge >= 0.3 is 0 Å². The van der Waals surface area contributed by atoms with E-state index in [9.17, 15) is 0 Å². The first-order chi connectivity index (χ1) is 8.24. The Morgan fingerprint density at radius 1 is 1.24 bits per heavy atom. The van der Waals surface area contributed by atoms with Gasteiger partial charge in [0.15, 0.2) is 0 Å². The van der Waals surface area contributed by atoms with Crippen molar-refractivity contribution in [2.24, 2.45) is 0 Å². The lowest BCUT2D eigenvalue weighted by molar-refractivity contribution is 0.544. The van der Waals surface area contributed by atoms with E-state index in [1.807, 2.05) is 6.92 Å². The smallest absolute Gasteiger partial charge is 0.295 e. The third kappa shape index (κ3) is 2.49. The molecule has 1 aromatic carbocycles. The minimum absolute atomic E-state index is 0.565. The van der Waals surface area contributed by atoms with E-state index in [0.29, 0.717) is 6.01 Å². The van der Waals surface area contributed by atoms with Crippen LogP contribution >= 0.6 is 0 Å². The number of nitrogens with zero attached hydrogens (tertiary/aromatic N) is 1. The number of anilines is 1. The lowest BCUT2D eigenvalue weighted by Crippen LogP contribution is -1.87. The molecule has 3 heteroatoms. The van der Waals surface area contributed by atoms with Crippen molar-refractivity contribution in [1.82, 2.24) is 4.98 Å². The summed E-state index contributed by atoms with van der Waals surface area (Å²) in [7, 11) is 1.80. The second-order valence-electron chi connectivity index (χ2n) is 4.12. The van der Waals surface area contributed by atoms with E-state index in [1.54, 1.807) is 7.05 Å². The molecular formula is C14H18N2O. The van der Waals surface area contributed by atoms with E-state index >= 15 is 0 Å². The minimum atomic E-state index is 0.565. The maximum absolute atomic E-state index is 5.47. The van der Waals surface area contributed by atoms with Crippen LogP contribution in [0.2, 0.25) is 0 Å². The van der Waals surface area contributed by atoms with Crippen LogP contribution in [0.5, 0.6) is 0 Å². The molecule has 17 heavy (non-hydrogen) atoms. The Morgan fingerprint density at radius 2 is 1.94 bits per heavy atom. The van der Waals surface area contributed by atoms with Gasteiger partial charge in [-0.05, 0) is 18.9 Å². The summed E-state index contributed by atoms with van der Waals surface area (Å²) in [5, 5.41) is 2.91. The number of oxazole rings is 1. The standard InChI is InChI=1S/C14H18N2O/c1-4-5-11-6-8-12(9-7-11)13-10(2)17-14(15-3)16-13/h6-9H,4-5H2,1-3H3,(H,15,16). The first-order valence-corrected chi connectivity index (χ1v) is 5.99. The summed E-state index contributed by atoms with van der Waals surface area (Å²) >= 11 is 0. The molecule has 0 amide bonds. The van der Waals surface area contributed by atoms with E-state index in [0.717, 1.165) is 23.4 Å². The van der Waals surface area contributed by atoms with Crippen LogP contribution in [0.4, 0.5) is 6.01 Å².